The van der Waals surface area contributed by atoms with Gasteiger partial charge in [-0.2, -0.15) is 0 Å². The van der Waals surface area contributed by atoms with Crippen LogP contribution in [0.25, 0.3) is 0 Å². The van der Waals surface area contributed by atoms with Crippen LogP contribution in [-0.4, -0.2) is 9.16 Å². The van der Waals surface area contributed by atoms with Crippen molar-refractivity contribution < 1.29 is 0 Å². The van der Waals surface area contributed by atoms with Crippen LogP contribution < -0.4 is 0 Å². The van der Waals surface area contributed by atoms with Gasteiger partial charge >= 0.3 is 0 Å². The van der Waals surface area contributed by atoms with Gasteiger partial charge in [0, 0.05) is 35.5 Å². The summed E-state index contributed by atoms with van der Waals surface area (Å²) >= 11 is 2.48. The molecule has 1 aliphatic rings. The molecule has 1 atom stereocenters. The van der Waals surface area contributed by atoms with Gasteiger partial charge in [0.05, 0.1) is 0 Å². The standard InChI is InChI=1S/C13H18IN/c1-10(2)7-13-8-11-5-3-4-6-12(11)9-15(13)14/h3-6,10,13H,7-9H2,1-2H3/t13-/m1/s1. The van der Waals surface area contributed by atoms with Crippen LogP contribution in [0.5, 0.6) is 0 Å². The Morgan fingerprint density at radius 1 is 1.33 bits per heavy atom. The van der Waals surface area contributed by atoms with Crippen molar-refractivity contribution in [3.63, 3.8) is 0 Å². The molecule has 0 amide bonds. The Labute approximate surface area is 106 Å². The molecule has 0 radical (unpaired) electrons. The van der Waals surface area contributed by atoms with Crippen LogP contribution in [0.4, 0.5) is 0 Å². The van der Waals surface area contributed by atoms with Crippen molar-refractivity contribution in [3.05, 3.63) is 35.4 Å². The smallest absolute Gasteiger partial charge is 0.0338 e. The van der Waals surface area contributed by atoms with Gasteiger partial charge in [-0.3, -0.25) is 0 Å². The summed E-state index contributed by atoms with van der Waals surface area (Å²) in [4.78, 5) is 0. The van der Waals surface area contributed by atoms with Gasteiger partial charge < -0.3 is 0 Å². The second-order valence-corrected chi connectivity index (χ2v) is 6.05. The fourth-order valence-corrected chi connectivity index (χ4v) is 3.09. The highest BCUT2D eigenvalue weighted by molar-refractivity contribution is 14.1. The summed E-state index contributed by atoms with van der Waals surface area (Å²) in [6, 6.07) is 9.57. The molecule has 0 unspecified atom stereocenters. The molecule has 1 heterocycles. The van der Waals surface area contributed by atoms with Gasteiger partial charge in [-0.15, -0.1) is 0 Å². The Morgan fingerprint density at radius 3 is 2.67 bits per heavy atom. The van der Waals surface area contributed by atoms with E-state index in [0.29, 0.717) is 0 Å². The normalized spacial score (nSPS) is 21.7. The van der Waals surface area contributed by atoms with Crippen molar-refractivity contribution in [3.8, 4) is 0 Å². The lowest BCUT2D eigenvalue weighted by Crippen LogP contribution is -2.34. The van der Waals surface area contributed by atoms with Gasteiger partial charge in [-0.05, 0) is 29.9 Å². The van der Waals surface area contributed by atoms with Gasteiger partial charge in [0.25, 0.3) is 0 Å². The van der Waals surface area contributed by atoms with Crippen molar-refractivity contribution in [2.45, 2.75) is 39.3 Å². The fourth-order valence-electron chi connectivity index (χ4n) is 2.30. The molecule has 1 nitrogen and oxygen atoms in total. The molecule has 0 saturated heterocycles. The molecule has 0 N–H and O–H groups in total. The molecule has 1 aromatic rings. The molecular formula is C13H18IN. The van der Waals surface area contributed by atoms with Crippen LogP contribution in [0.1, 0.15) is 31.4 Å². The summed E-state index contributed by atoms with van der Waals surface area (Å²) in [5.41, 5.74) is 3.06. The summed E-state index contributed by atoms with van der Waals surface area (Å²) in [5, 5.41) is 0. The van der Waals surface area contributed by atoms with Crippen molar-refractivity contribution in [2.24, 2.45) is 5.92 Å². The molecule has 82 valence electrons. The zero-order chi connectivity index (χ0) is 10.8. The molecule has 0 bridgehead atoms. The zero-order valence-electron chi connectivity index (χ0n) is 9.41. The topological polar surface area (TPSA) is 3.24 Å². The summed E-state index contributed by atoms with van der Waals surface area (Å²) in [6.07, 6.45) is 2.52. The zero-order valence-corrected chi connectivity index (χ0v) is 11.6. The van der Waals surface area contributed by atoms with E-state index in [1.807, 2.05) is 0 Å². The second kappa shape index (κ2) is 4.83. The Bertz CT molecular complexity index is 335. The van der Waals surface area contributed by atoms with E-state index in [-0.39, 0.29) is 0 Å². The number of nitrogens with zero attached hydrogens (tertiary/aromatic N) is 1. The molecule has 0 aliphatic carbocycles. The van der Waals surface area contributed by atoms with Gasteiger partial charge in [-0.1, -0.05) is 38.1 Å². The molecule has 2 rings (SSSR count). The third-order valence-electron chi connectivity index (χ3n) is 3.04. The largest absolute Gasteiger partial charge is 0.240 e. The van der Waals surface area contributed by atoms with Crippen LogP contribution in [-0.2, 0) is 13.0 Å². The summed E-state index contributed by atoms with van der Waals surface area (Å²) in [5.74, 6) is 0.789. The minimum absolute atomic E-state index is 0.723. The van der Waals surface area contributed by atoms with Crippen LogP contribution >= 0.6 is 22.9 Å². The number of rotatable bonds is 2. The first-order chi connectivity index (χ1) is 7.16. The van der Waals surface area contributed by atoms with E-state index >= 15 is 0 Å². The van der Waals surface area contributed by atoms with Crippen molar-refractivity contribution >= 4 is 22.9 Å². The highest BCUT2D eigenvalue weighted by Gasteiger charge is 2.24. The van der Waals surface area contributed by atoms with Gasteiger partial charge in [0.2, 0.25) is 0 Å². The number of benzene rings is 1. The van der Waals surface area contributed by atoms with E-state index in [9.17, 15) is 0 Å². The van der Waals surface area contributed by atoms with E-state index in [4.69, 9.17) is 0 Å². The van der Waals surface area contributed by atoms with Gasteiger partial charge in [-0.25, -0.2) is 3.11 Å². The van der Waals surface area contributed by atoms with Gasteiger partial charge in [0.15, 0.2) is 0 Å². The van der Waals surface area contributed by atoms with E-state index < -0.39 is 0 Å². The summed E-state index contributed by atoms with van der Waals surface area (Å²) < 4.78 is 2.47. The maximum absolute atomic E-state index is 2.48. The molecular weight excluding hydrogens is 297 g/mol. The van der Waals surface area contributed by atoms with Crippen LogP contribution in [0.3, 0.4) is 0 Å². The second-order valence-electron chi connectivity index (χ2n) is 4.81. The minimum Gasteiger partial charge on any atom is -0.240 e. The minimum atomic E-state index is 0.723. The van der Waals surface area contributed by atoms with Crippen LogP contribution in [0, 0.1) is 5.92 Å². The van der Waals surface area contributed by atoms with E-state index in [0.717, 1.165) is 18.5 Å². The Balaban J connectivity index is 2.14. The highest BCUT2D eigenvalue weighted by Crippen LogP contribution is 2.29. The predicted octanol–water partition coefficient (Wildman–Crippen LogP) is 3.81. The quantitative estimate of drug-likeness (QED) is 0.592. The molecule has 0 fully saturated rings. The van der Waals surface area contributed by atoms with Crippen LogP contribution in [0.15, 0.2) is 24.3 Å². The first-order valence-electron chi connectivity index (χ1n) is 5.66. The number of fused-ring (bicyclic) bond motifs is 1. The van der Waals surface area contributed by atoms with E-state index in [2.05, 4.69) is 64.1 Å². The monoisotopic (exact) mass is 315 g/mol. The SMILES string of the molecule is CC(C)C[C@@H]1Cc2ccccc2CN1I. The Kier molecular flexibility index (Phi) is 3.67. The van der Waals surface area contributed by atoms with E-state index in [1.54, 1.807) is 5.56 Å². The molecule has 0 aromatic heterocycles. The molecule has 1 aromatic carbocycles. The lowest BCUT2D eigenvalue weighted by atomic mass is 9.91. The van der Waals surface area contributed by atoms with Gasteiger partial charge in [0.1, 0.15) is 0 Å². The number of hydrogen-bond acceptors (Lipinski definition) is 1. The molecule has 2 heteroatoms. The molecule has 1 aliphatic heterocycles. The Hall–Kier alpha value is -0.0900. The molecule has 0 spiro atoms. The fraction of sp³-hybridized carbons (Fsp3) is 0.538. The predicted molar refractivity (Wildman–Crippen MR) is 73.0 cm³/mol. The highest BCUT2D eigenvalue weighted by atomic mass is 127. The van der Waals surface area contributed by atoms with Crippen molar-refractivity contribution in [1.29, 1.82) is 0 Å². The Morgan fingerprint density at radius 2 is 2.00 bits per heavy atom. The average Bonchev–Trinajstić information content (AvgIpc) is 2.18. The van der Waals surface area contributed by atoms with E-state index in [1.165, 1.54) is 18.4 Å². The number of hydrogen-bond donors (Lipinski definition) is 0. The summed E-state index contributed by atoms with van der Waals surface area (Å²) in [6.45, 7) is 5.73. The maximum Gasteiger partial charge on any atom is 0.0338 e. The maximum atomic E-state index is 2.48. The molecule has 0 saturated carbocycles. The lowest BCUT2D eigenvalue weighted by molar-refractivity contribution is 0.301. The summed E-state index contributed by atoms with van der Waals surface area (Å²) in [7, 11) is 0. The first-order valence-corrected chi connectivity index (χ1v) is 6.62. The van der Waals surface area contributed by atoms with Crippen LogP contribution in [0.2, 0.25) is 0 Å². The average molecular weight is 315 g/mol. The van der Waals surface area contributed by atoms with Crippen molar-refractivity contribution in [1.82, 2.24) is 3.11 Å². The van der Waals surface area contributed by atoms with Crippen molar-refractivity contribution in [2.75, 3.05) is 0 Å². The molecule has 15 heavy (non-hydrogen) atoms. The first kappa shape index (κ1) is 11.4. The third-order valence-corrected chi connectivity index (χ3v) is 4.16. The lowest BCUT2D eigenvalue weighted by Gasteiger charge is -2.33. The number of halogens is 1. The third kappa shape index (κ3) is 2.72.